The molecule has 2 aromatic carbocycles. The van der Waals surface area contributed by atoms with Gasteiger partial charge >= 0.3 is 11.9 Å². The monoisotopic (exact) mass is 722 g/mol. The van der Waals surface area contributed by atoms with E-state index in [0.29, 0.717) is 0 Å². The number of rotatable bonds is 3. The molecular weight excluding hydrogens is 713 g/mol. The number of hydrogen-bond donors (Lipinski definition) is 2. The van der Waals surface area contributed by atoms with Gasteiger partial charge in [-0.2, -0.15) is 0 Å². The maximum absolute atomic E-state index is 12.9. The molecule has 3 rings (SSSR count). The van der Waals surface area contributed by atoms with Crippen LogP contribution in [0.5, 0.6) is 11.5 Å². The number of ether oxygens (including phenoxy) is 1. The van der Waals surface area contributed by atoms with Crippen molar-refractivity contribution in [2.45, 2.75) is 0 Å². The predicted octanol–water partition coefficient (Wildman–Crippen LogP) is 6.68. The van der Waals surface area contributed by atoms with E-state index in [1.165, 1.54) is 30.3 Å². The summed E-state index contributed by atoms with van der Waals surface area (Å²) in [6.45, 7) is 3.31. The van der Waals surface area contributed by atoms with Crippen molar-refractivity contribution in [1.29, 1.82) is 0 Å². The van der Waals surface area contributed by atoms with Gasteiger partial charge in [-0.25, -0.2) is 9.59 Å². The predicted molar refractivity (Wildman–Crippen MR) is 196 cm³/mol. The second kappa shape index (κ2) is 23.6. The van der Waals surface area contributed by atoms with Crippen LogP contribution in [0.1, 0.15) is 31.8 Å². The van der Waals surface area contributed by atoms with Gasteiger partial charge in [-0.05, 0) is 140 Å². The van der Waals surface area contributed by atoms with E-state index in [9.17, 15) is 29.4 Å². The Balaban J connectivity index is 1.80. The van der Waals surface area contributed by atoms with E-state index in [-0.39, 0.29) is 33.8 Å². The van der Waals surface area contributed by atoms with E-state index in [1.54, 1.807) is 0 Å². The summed E-state index contributed by atoms with van der Waals surface area (Å²) in [4.78, 5) is 49.9. The summed E-state index contributed by atoms with van der Waals surface area (Å²) in [7, 11) is 0. The van der Waals surface area contributed by atoms with Crippen LogP contribution >= 0.6 is 0 Å². The van der Waals surface area contributed by atoms with Crippen LogP contribution in [0.2, 0.25) is 0 Å². The molecule has 0 saturated heterocycles. The quantitative estimate of drug-likeness (QED) is 0.0774. The first kappa shape index (κ1) is 40.6. The van der Waals surface area contributed by atoms with Crippen molar-refractivity contribution in [1.82, 2.24) is 0 Å². The highest BCUT2D eigenvalue weighted by Gasteiger charge is 2.31. The number of carboxylic acid groups (broad SMARTS) is 1. The van der Waals surface area contributed by atoms with Gasteiger partial charge in [0.15, 0.2) is 17.1 Å². The standard InChI is InChI=1S/C50H10O7/c1-2-3-4-5-6-7-8-9-10-11-12-13-14-15-16-17-18-19-20-21-22-23-24-25-26-27-28-29-30-31-32-33-44(49(54)55)50(56)57-41-35-37-43-46(39-41)48(53)42-36-34-40(51)38-45(42)47(43)52/h34-39,51H,1H2,(H,54,55). The lowest BCUT2D eigenvalue weighted by Gasteiger charge is -2.18. The third-order valence-electron chi connectivity index (χ3n) is 5.69. The molecule has 1 aliphatic carbocycles. The second-order valence-corrected chi connectivity index (χ2v) is 9.22. The van der Waals surface area contributed by atoms with Gasteiger partial charge in [0.2, 0.25) is 0 Å². The molecule has 0 atom stereocenters. The van der Waals surface area contributed by atoms with E-state index >= 15 is 0 Å². The van der Waals surface area contributed by atoms with Crippen LogP contribution in [0.3, 0.4) is 0 Å². The van der Waals surface area contributed by atoms with Crippen LogP contribution < -0.4 is 4.74 Å². The molecule has 7 heteroatoms. The van der Waals surface area contributed by atoms with Gasteiger partial charge in [0.05, 0.1) is 0 Å². The first-order valence-electron chi connectivity index (χ1n) is 15.0. The average Bonchev–Trinajstić information content (AvgIpc) is 3.20. The number of benzene rings is 2. The summed E-state index contributed by atoms with van der Waals surface area (Å²) in [5, 5.41) is 19.1. The molecule has 0 aromatic heterocycles. The fourth-order valence-corrected chi connectivity index (χ4v) is 3.54. The average molecular weight is 723 g/mol. The number of carbonyl (C=O) groups is 4. The number of carboxylic acids is 1. The summed E-state index contributed by atoms with van der Waals surface area (Å²) in [6, 6.07) is 7.36. The molecule has 57 heavy (non-hydrogen) atoms. The Labute approximate surface area is 322 Å². The normalized spacial score (nSPS) is 7.58. The van der Waals surface area contributed by atoms with Crippen molar-refractivity contribution >= 4 is 23.5 Å². The zero-order chi connectivity index (χ0) is 40.9. The Kier molecular flexibility index (Phi) is 16.8. The van der Waals surface area contributed by atoms with Gasteiger partial charge in [-0.1, -0.05) is 5.73 Å². The molecule has 0 fully saturated rings. The van der Waals surface area contributed by atoms with Crippen molar-refractivity contribution in [2.75, 3.05) is 0 Å². The summed E-state index contributed by atoms with van der Waals surface area (Å²) in [5.74, 6) is -4.45. The molecule has 7 nitrogen and oxygen atoms in total. The lowest BCUT2D eigenvalue weighted by Crippen LogP contribution is -2.21. The smallest absolute Gasteiger partial charge is 0.359 e. The molecule has 0 heterocycles. The van der Waals surface area contributed by atoms with Crippen LogP contribution in [-0.2, 0) is 9.59 Å². The van der Waals surface area contributed by atoms with Crippen LogP contribution in [0.15, 0.2) is 232 Å². The zero-order valence-corrected chi connectivity index (χ0v) is 28.6. The van der Waals surface area contributed by atoms with Gasteiger partial charge in [-0.15, -0.1) is 0 Å². The first-order valence-corrected chi connectivity index (χ1v) is 15.0. The van der Waals surface area contributed by atoms with Crippen LogP contribution in [0.4, 0.5) is 0 Å². The van der Waals surface area contributed by atoms with E-state index in [2.05, 4.69) is 190 Å². The Morgan fingerprint density at radius 3 is 1.16 bits per heavy atom. The first-order chi connectivity index (χ1) is 27.8. The minimum absolute atomic E-state index is 0.0273. The Hall–Kier alpha value is -10.8. The maximum Gasteiger partial charge on any atom is 0.359 e. The number of fused-ring (bicyclic) bond motifs is 2. The molecule has 252 valence electrons. The van der Waals surface area contributed by atoms with E-state index < -0.39 is 29.1 Å². The Bertz CT molecular complexity index is 3520. The van der Waals surface area contributed by atoms with Crippen molar-refractivity contribution in [3.63, 3.8) is 0 Å². The highest BCUT2D eigenvalue weighted by atomic mass is 16.5. The molecule has 2 aromatic rings. The van der Waals surface area contributed by atoms with Crippen molar-refractivity contribution < 1.29 is 34.1 Å². The molecule has 1 aliphatic rings. The third kappa shape index (κ3) is 14.5. The molecular formula is C50H10O7. The minimum atomic E-state index is -1.68. The fraction of sp³-hybridized carbons (Fsp3) is 0. The molecule has 0 radical (unpaired) electrons. The summed E-state index contributed by atoms with van der Waals surface area (Å²) < 4.78 is 5.10. The topological polar surface area (TPSA) is 118 Å². The largest absolute Gasteiger partial charge is 0.508 e. The lowest BCUT2D eigenvalue weighted by atomic mass is 9.84. The van der Waals surface area contributed by atoms with Gasteiger partial charge < -0.3 is 14.9 Å². The van der Waals surface area contributed by atoms with Gasteiger partial charge in [0.25, 0.3) is 0 Å². The van der Waals surface area contributed by atoms with Gasteiger partial charge in [0, 0.05) is 102 Å². The Morgan fingerprint density at radius 1 is 0.456 bits per heavy atom. The van der Waals surface area contributed by atoms with Crippen LogP contribution in [0, 0.1) is 0 Å². The number of aromatic hydroxyl groups is 1. The number of esters is 1. The third-order valence-corrected chi connectivity index (χ3v) is 5.69. The summed E-state index contributed by atoms with van der Waals surface area (Å²) in [5.41, 5.74) is 76.5. The lowest BCUT2D eigenvalue weighted by molar-refractivity contribution is -0.138. The number of ketones is 2. The number of carbonyl (C=O) groups excluding carboxylic acids is 3. The molecule has 0 amide bonds. The molecule has 0 bridgehead atoms. The van der Waals surface area contributed by atoms with E-state index in [0.717, 1.165) is 6.07 Å². The summed E-state index contributed by atoms with van der Waals surface area (Å²) in [6.07, 6.45) is 0. The van der Waals surface area contributed by atoms with Gasteiger partial charge in [0.1, 0.15) is 11.5 Å². The highest BCUT2D eigenvalue weighted by molar-refractivity contribution is 6.28. The summed E-state index contributed by atoms with van der Waals surface area (Å²) >= 11 is 0. The minimum Gasteiger partial charge on any atom is -0.508 e. The molecule has 0 unspecified atom stereocenters. The zero-order valence-electron chi connectivity index (χ0n) is 28.6. The van der Waals surface area contributed by atoms with E-state index in [4.69, 9.17) is 4.74 Å². The van der Waals surface area contributed by atoms with Crippen LogP contribution in [0.25, 0.3) is 0 Å². The number of hydrogen-bond acceptors (Lipinski definition) is 6. The number of aliphatic carboxylic acids is 1. The molecule has 2 N–H and O–H groups in total. The van der Waals surface area contributed by atoms with E-state index in [1.807, 2.05) is 0 Å². The van der Waals surface area contributed by atoms with Crippen molar-refractivity contribution in [2.24, 2.45) is 0 Å². The highest BCUT2D eigenvalue weighted by Crippen LogP contribution is 2.31. The second-order valence-electron chi connectivity index (χ2n) is 9.22. The number of phenols is 1. The van der Waals surface area contributed by atoms with Crippen molar-refractivity contribution in [3.8, 4) is 11.5 Å². The van der Waals surface area contributed by atoms with Gasteiger partial charge in [-0.3, -0.25) is 9.59 Å². The maximum atomic E-state index is 12.9. The molecule has 0 spiro atoms. The Morgan fingerprint density at radius 2 is 0.789 bits per heavy atom. The molecule has 0 aliphatic heterocycles. The fourth-order valence-electron chi connectivity index (χ4n) is 3.54. The SMILES string of the molecule is C=C=C=C=C=C=C=C=C=C=C=C=C=C=C=C=C=C=C=C=C=C=C=C=C=C=C=C=C=C=C=C=C=C(C(=O)O)C(=O)Oc1ccc2c(c1)C(=O)c1ccc(O)cc1C2=O. The van der Waals surface area contributed by atoms with Crippen molar-refractivity contribution in [3.05, 3.63) is 254 Å². The number of phenolic OH excluding ortho intramolecular Hbond substituents is 1. The molecule has 0 saturated carbocycles. The van der Waals surface area contributed by atoms with Crippen LogP contribution in [-0.4, -0.2) is 33.7 Å².